The molecule has 60 valence electrons. The van der Waals surface area contributed by atoms with Gasteiger partial charge in [-0.05, 0) is 12.5 Å². The zero-order valence-corrected chi connectivity index (χ0v) is 7.20. The summed E-state index contributed by atoms with van der Waals surface area (Å²) in [4.78, 5) is 0. The van der Waals surface area contributed by atoms with Gasteiger partial charge in [-0.2, -0.15) is 0 Å². The van der Waals surface area contributed by atoms with Crippen molar-refractivity contribution < 1.29 is 0 Å². The molecule has 2 rings (SSSR count). The van der Waals surface area contributed by atoms with E-state index in [1.807, 2.05) is 0 Å². The molecular weight excluding hydrogens is 144 g/mol. The van der Waals surface area contributed by atoms with Crippen LogP contribution in [0.4, 0.5) is 0 Å². The van der Waals surface area contributed by atoms with Crippen molar-refractivity contribution in [2.24, 2.45) is 0 Å². The van der Waals surface area contributed by atoms with Crippen molar-refractivity contribution in [3.05, 3.63) is 59.7 Å². The fourth-order valence-electron chi connectivity index (χ4n) is 1.53. The summed E-state index contributed by atoms with van der Waals surface area (Å²) in [5, 5.41) is 0. The van der Waals surface area contributed by atoms with Gasteiger partial charge in [-0.25, -0.2) is 0 Å². The van der Waals surface area contributed by atoms with Crippen molar-refractivity contribution in [2.45, 2.75) is 12.8 Å². The highest BCUT2D eigenvalue weighted by molar-refractivity contribution is 5.38. The highest BCUT2D eigenvalue weighted by Gasteiger charge is 2.07. The molecule has 0 heterocycles. The zero-order valence-electron chi connectivity index (χ0n) is 7.20. The lowest BCUT2D eigenvalue weighted by Crippen LogP contribution is -1.86. The van der Waals surface area contributed by atoms with E-state index in [0.717, 1.165) is 0 Å². The maximum Gasteiger partial charge on any atom is 0.0207 e. The molecule has 0 aromatic heterocycles. The Hall–Kier alpha value is -1.30. The van der Waals surface area contributed by atoms with Crippen LogP contribution in [0.15, 0.2) is 54.1 Å². The molecule has 0 heteroatoms. The lowest BCUT2D eigenvalue weighted by Gasteiger charge is -2.03. The molecule has 0 radical (unpaired) electrons. The van der Waals surface area contributed by atoms with Crippen LogP contribution in [0.1, 0.15) is 18.4 Å². The van der Waals surface area contributed by atoms with E-state index in [1.165, 1.54) is 11.1 Å². The van der Waals surface area contributed by atoms with Crippen LogP contribution in [0.25, 0.3) is 0 Å². The van der Waals surface area contributed by atoms with Gasteiger partial charge in [-0.15, -0.1) is 0 Å². The monoisotopic (exact) mass is 156 g/mol. The van der Waals surface area contributed by atoms with Gasteiger partial charge in [0.25, 0.3) is 0 Å². The molecule has 0 nitrogen and oxygen atoms in total. The van der Waals surface area contributed by atoms with Crippen LogP contribution in [-0.2, 0) is 0 Å². The Morgan fingerprint density at radius 1 is 1.08 bits per heavy atom. The first-order chi connectivity index (χ1) is 5.86. The number of hydrogen-bond donors (Lipinski definition) is 0. The van der Waals surface area contributed by atoms with Crippen LogP contribution in [-0.4, -0.2) is 0 Å². The standard InChI is InChI=1S/C12H12/c1-10-7-8-12(9-10)11-5-3-2-4-6-11/h2-9,12H,1H3. The third-order valence-electron chi connectivity index (χ3n) is 2.19. The molecule has 12 heavy (non-hydrogen) atoms. The Morgan fingerprint density at radius 3 is 2.42 bits per heavy atom. The normalized spacial score (nSPS) is 21.1. The van der Waals surface area contributed by atoms with Crippen molar-refractivity contribution >= 4 is 0 Å². The van der Waals surface area contributed by atoms with Crippen LogP contribution in [0.3, 0.4) is 0 Å². The summed E-state index contributed by atoms with van der Waals surface area (Å²) in [6.07, 6.45) is 6.71. The van der Waals surface area contributed by atoms with E-state index >= 15 is 0 Å². The molecule has 0 spiro atoms. The van der Waals surface area contributed by atoms with E-state index in [1.54, 1.807) is 0 Å². The third-order valence-corrected chi connectivity index (χ3v) is 2.19. The lowest BCUT2D eigenvalue weighted by atomic mass is 10.0. The highest BCUT2D eigenvalue weighted by atomic mass is 14.1. The summed E-state index contributed by atoms with van der Waals surface area (Å²) in [6.45, 7) is 2.14. The van der Waals surface area contributed by atoms with Gasteiger partial charge in [-0.3, -0.25) is 0 Å². The second-order valence-corrected chi connectivity index (χ2v) is 3.21. The van der Waals surface area contributed by atoms with E-state index in [9.17, 15) is 0 Å². The maximum atomic E-state index is 2.29. The fraction of sp³-hybridized carbons (Fsp3) is 0.167. The summed E-state index contributed by atoms with van der Waals surface area (Å²) in [6, 6.07) is 10.6. The first kappa shape index (κ1) is 7.35. The third kappa shape index (κ3) is 1.33. The second-order valence-electron chi connectivity index (χ2n) is 3.21. The molecule has 0 N–H and O–H groups in total. The maximum absolute atomic E-state index is 2.29. The minimum absolute atomic E-state index is 0.506. The molecule has 0 fully saturated rings. The van der Waals surface area contributed by atoms with Gasteiger partial charge in [0.15, 0.2) is 0 Å². The van der Waals surface area contributed by atoms with Gasteiger partial charge in [-0.1, -0.05) is 54.1 Å². The van der Waals surface area contributed by atoms with Crippen molar-refractivity contribution in [1.29, 1.82) is 0 Å². The number of hydrogen-bond acceptors (Lipinski definition) is 0. The van der Waals surface area contributed by atoms with Gasteiger partial charge in [0.1, 0.15) is 0 Å². The molecule has 1 aromatic carbocycles. The second kappa shape index (κ2) is 2.98. The summed E-state index contributed by atoms with van der Waals surface area (Å²) in [5.41, 5.74) is 2.74. The van der Waals surface area contributed by atoms with E-state index < -0.39 is 0 Å². The summed E-state index contributed by atoms with van der Waals surface area (Å²) < 4.78 is 0. The van der Waals surface area contributed by atoms with Crippen molar-refractivity contribution in [1.82, 2.24) is 0 Å². The van der Waals surface area contributed by atoms with Crippen molar-refractivity contribution in [3.63, 3.8) is 0 Å². The van der Waals surface area contributed by atoms with Crippen molar-refractivity contribution in [3.8, 4) is 0 Å². The predicted molar refractivity (Wildman–Crippen MR) is 52.1 cm³/mol. The van der Waals surface area contributed by atoms with Crippen LogP contribution in [0.5, 0.6) is 0 Å². The van der Waals surface area contributed by atoms with E-state index in [2.05, 4.69) is 55.5 Å². The molecule has 0 amide bonds. The zero-order chi connectivity index (χ0) is 8.39. The number of benzene rings is 1. The Labute approximate surface area is 73.2 Å². The average molecular weight is 156 g/mol. The minimum atomic E-state index is 0.506. The predicted octanol–water partition coefficient (Wildman–Crippen LogP) is 3.29. The molecule has 0 saturated carbocycles. The molecule has 1 unspecified atom stereocenters. The topological polar surface area (TPSA) is 0 Å². The molecule has 0 aliphatic heterocycles. The van der Waals surface area contributed by atoms with Crippen LogP contribution < -0.4 is 0 Å². The van der Waals surface area contributed by atoms with Crippen LogP contribution in [0.2, 0.25) is 0 Å². The first-order valence-corrected chi connectivity index (χ1v) is 4.28. The van der Waals surface area contributed by atoms with Gasteiger partial charge in [0.05, 0.1) is 0 Å². The van der Waals surface area contributed by atoms with Gasteiger partial charge in [0, 0.05) is 5.92 Å². The fourth-order valence-corrected chi connectivity index (χ4v) is 1.53. The molecular formula is C12H12. The molecule has 1 aromatic rings. The molecule has 1 aliphatic carbocycles. The van der Waals surface area contributed by atoms with Crippen LogP contribution in [0, 0.1) is 0 Å². The lowest BCUT2D eigenvalue weighted by molar-refractivity contribution is 1.10. The highest BCUT2D eigenvalue weighted by Crippen LogP contribution is 2.25. The van der Waals surface area contributed by atoms with Crippen LogP contribution >= 0.6 is 0 Å². The molecule has 0 saturated heterocycles. The Balaban J connectivity index is 2.29. The minimum Gasteiger partial charge on any atom is -0.0730 e. The SMILES string of the molecule is CC1=CC(c2ccccc2)C=C1. The Bertz CT molecular complexity index is 317. The molecule has 0 bridgehead atoms. The van der Waals surface area contributed by atoms with Crippen molar-refractivity contribution in [2.75, 3.05) is 0 Å². The molecule has 1 atom stereocenters. The number of allylic oxidation sites excluding steroid dienone is 4. The average Bonchev–Trinajstić information content (AvgIpc) is 2.54. The quantitative estimate of drug-likeness (QED) is 0.585. The largest absolute Gasteiger partial charge is 0.0730 e. The van der Waals surface area contributed by atoms with E-state index in [4.69, 9.17) is 0 Å². The summed E-state index contributed by atoms with van der Waals surface area (Å²) in [7, 11) is 0. The first-order valence-electron chi connectivity index (χ1n) is 4.28. The van der Waals surface area contributed by atoms with Gasteiger partial charge < -0.3 is 0 Å². The Morgan fingerprint density at radius 2 is 1.83 bits per heavy atom. The summed E-state index contributed by atoms with van der Waals surface area (Å²) >= 11 is 0. The van der Waals surface area contributed by atoms with E-state index in [-0.39, 0.29) is 0 Å². The molecule has 1 aliphatic rings. The number of rotatable bonds is 1. The Kier molecular flexibility index (Phi) is 1.83. The van der Waals surface area contributed by atoms with E-state index in [0.29, 0.717) is 5.92 Å². The van der Waals surface area contributed by atoms with Gasteiger partial charge in [0.2, 0.25) is 0 Å². The summed E-state index contributed by atoms with van der Waals surface area (Å²) in [5.74, 6) is 0.506. The smallest absolute Gasteiger partial charge is 0.0207 e. The van der Waals surface area contributed by atoms with Gasteiger partial charge >= 0.3 is 0 Å².